The van der Waals surface area contributed by atoms with Crippen LogP contribution in [0.5, 0.6) is 5.75 Å². The molecule has 0 atom stereocenters. The number of benzene rings is 2. The minimum absolute atomic E-state index is 0.202. The lowest BCUT2D eigenvalue weighted by Gasteiger charge is -2.35. The lowest BCUT2D eigenvalue weighted by Crippen LogP contribution is -2.56. The Morgan fingerprint density at radius 1 is 1.03 bits per heavy atom. The first-order valence-corrected chi connectivity index (χ1v) is 10.1. The van der Waals surface area contributed by atoms with E-state index in [1.54, 1.807) is 30.3 Å². The second kappa shape index (κ2) is 10.3. The normalized spacial score (nSPS) is 11.0. The maximum absolute atomic E-state index is 13.3. The molecule has 172 valence electrons. The summed E-state index contributed by atoms with van der Waals surface area (Å²) in [7, 11) is 1.46. The number of nitrogens with one attached hydrogen (secondary N) is 1. The summed E-state index contributed by atoms with van der Waals surface area (Å²) in [5, 5.41) is 1.31. The lowest BCUT2D eigenvalue weighted by molar-refractivity contribution is -0.278. The van der Waals surface area contributed by atoms with Crippen molar-refractivity contribution in [1.82, 2.24) is 10.4 Å². The molecule has 8 nitrogen and oxygen atoms in total. The number of rotatable bonds is 6. The van der Waals surface area contributed by atoms with Gasteiger partial charge in [0.15, 0.2) is 0 Å². The smallest absolute Gasteiger partial charge is 0.339 e. The second-order valence-electron chi connectivity index (χ2n) is 8.45. The lowest BCUT2D eigenvalue weighted by atomic mass is 10.0. The van der Waals surface area contributed by atoms with E-state index >= 15 is 0 Å². The molecule has 0 fully saturated rings. The van der Waals surface area contributed by atoms with Crippen LogP contribution in [0.2, 0.25) is 0 Å². The predicted octanol–water partition coefficient (Wildman–Crippen LogP) is 3.89. The molecule has 2 aromatic rings. The molecule has 2 aromatic carbocycles. The number of hydrogen-bond donors (Lipinski definition) is 1. The number of carbonyl (C=O) groups is 3. The van der Waals surface area contributed by atoms with E-state index < -0.39 is 17.4 Å². The van der Waals surface area contributed by atoms with Gasteiger partial charge in [-0.25, -0.2) is 9.80 Å². The van der Waals surface area contributed by atoms with Crippen molar-refractivity contribution < 1.29 is 28.9 Å². The third-order valence-corrected chi connectivity index (χ3v) is 4.53. The van der Waals surface area contributed by atoms with Crippen molar-refractivity contribution in [3.63, 3.8) is 0 Å². The first kappa shape index (κ1) is 24.9. The molecule has 2 amide bonds. The van der Waals surface area contributed by atoms with Crippen LogP contribution in [0.15, 0.2) is 36.4 Å². The molecule has 0 radical (unpaired) electrons. The van der Waals surface area contributed by atoms with Crippen LogP contribution in [0.3, 0.4) is 0 Å². The Labute approximate surface area is 188 Å². The highest BCUT2D eigenvalue weighted by atomic mass is 17.2. The fraction of sp³-hybridized carbons (Fsp3) is 0.375. The molecule has 0 aliphatic heterocycles. The quantitative estimate of drug-likeness (QED) is 0.539. The molecule has 0 heterocycles. The van der Waals surface area contributed by atoms with Gasteiger partial charge in [0.2, 0.25) is 0 Å². The minimum atomic E-state index is -0.711. The van der Waals surface area contributed by atoms with Gasteiger partial charge in [0.05, 0.1) is 18.2 Å². The van der Waals surface area contributed by atoms with Crippen LogP contribution in [0.1, 0.15) is 65.1 Å². The topological polar surface area (TPSA) is 94.2 Å². The molecular formula is C24H30N2O6. The van der Waals surface area contributed by atoms with Gasteiger partial charge in [0.25, 0.3) is 11.8 Å². The Morgan fingerprint density at radius 2 is 1.66 bits per heavy atom. The van der Waals surface area contributed by atoms with Gasteiger partial charge in [-0.3, -0.25) is 19.9 Å². The Bertz CT molecular complexity index is 990. The zero-order chi connectivity index (χ0) is 24.1. The Balaban J connectivity index is 2.38. The molecule has 0 bridgehead atoms. The molecular weight excluding hydrogens is 412 g/mol. The summed E-state index contributed by atoms with van der Waals surface area (Å²) < 4.78 is 5.33. The van der Waals surface area contributed by atoms with Gasteiger partial charge in [-0.15, -0.1) is 0 Å². The Kier molecular flexibility index (Phi) is 7.99. The molecule has 0 saturated carbocycles. The number of amides is 2. The van der Waals surface area contributed by atoms with E-state index in [4.69, 9.17) is 9.62 Å². The van der Waals surface area contributed by atoms with Gasteiger partial charge in [-0.2, -0.15) is 4.89 Å². The highest BCUT2D eigenvalue weighted by Gasteiger charge is 2.30. The molecule has 0 aromatic heterocycles. The molecule has 32 heavy (non-hydrogen) atoms. The van der Waals surface area contributed by atoms with E-state index in [1.807, 2.05) is 40.7 Å². The van der Waals surface area contributed by atoms with Crippen molar-refractivity contribution in [2.45, 2.75) is 53.7 Å². The van der Waals surface area contributed by atoms with Crippen molar-refractivity contribution >= 4 is 17.8 Å². The van der Waals surface area contributed by atoms with Gasteiger partial charge in [0, 0.05) is 18.1 Å². The van der Waals surface area contributed by atoms with E-state index in [-0.39, 0.29) is 18.1 Å². The van der Waals surface area contributed by atoms with Crippen LogP contribution in [0, 0.1) is 13.8 Å². The second-order valence-corrected chi connectivity index (χ2v) is 8.45. The largest absolute Gasteiger partial charge is 0.496 e. The number of hydrogen-bond acceptors (Lipinski definition) is 6. The highest BCUT2D eigenvalue weighted by Crippen LogP contribution is 2.24. The maximum Gasteiger partial charge on any atom is 0.339 e. The van der Waals surface area contributed by atoms with Gasteiger partial charge in [-0.05, 0) is 58.9 Å². The van der Waals surface area contributed by atoms with Crippen LogP contribution in [-0.4, -0.2) is 35.4 Å². The van der Waals surface area contributed by atoms with Crippen LogP contribution < -0.4 is 10.2 Å². The zero-order valence-electron chi connectivity index (χ0n) is 19.6. The molecule has 0 aliphatic rings. The highest BCUT2D eigenvalue weighted by molar-refractivity contribution is 6.00. The van der Waals surface area contributed by atoms with E-state index in [9.17, 15) is 14.4 Å². The number of methoxy groups -OCH3 is 1. The minimum Gasteiger partial charge on any atom is -0.496 e. The summed E-state index contributed by atoms with van der Waals surface area (Å²) in [5.41, 5.74) is 4.99. The summed E-state index contributed by atoms with van der Waals surface area (Å²) >= 11 is 0. The van der Waals surface area contributed by atoms with Crippen molar-refractivity contribution in [2.24, 2.45) is 0 Å². The molecule has 0 saturated heterocycles. The molecule has 1 N–H and O–H groups in total. The number of aryl methyl sites for hydroxylation is 2. The predicted molar refractivity (Wildman–Crippen MR) is 119 cm³/mol. The fourth-order valence-electron chi connectivity index (χ4n) is 3.20. The zero-order valence-corrected chi connectivity index (χ0v) is 19.6. The average molecular weight is 443 g/mol. The Morgan fingerprint density at radius 3 is 2.19 bits per heavy atom. The number of carbonyl (C=O) groups excluding carboxylic acids is 3. The van der Waals surface area contributed by atoms with Crippen molar-refractivity contribution in [1.29, 1.82) is 0 Å². The summed E-state index contributed by atoms with van der Waals surface area (Å²) in [4.78, 5) is 47.1. The van der Waals surface area contributed by atoms with Crippen molar-refractivity contribution in [3.8, 4) is 5.75 Å². The van der Waals surface area contributed by atoms with Crippen LogP contribution in [0.4, 0.5) is 0 Å². The van der Waals surface area contributed by atoms with Crippen LogP contribution in [-0.2, 0) is 21.2 Å². The average Bonchev–Trinajstić information content (AvgIpc) is 2.69. The first-order valence-electron chi connectivity index (χ1n) is 10.1. The Hall–Kier alpha value is -3.39. The molecule has 0 aliphatic carbocycles. The van der Waals surface area contributed by atoms with Crippen LogP contribution >= 0.6 is 0 Å². The summed E-state index contributed by atoms with van der Waals surface area (Å²) in [6, 6.07) is 10.4. The van der Waals surface area contributed by atoms with Crippen LogP contribution in [0.25, 0.3) is 0 Å². The van der Waals surface area contributed by atoms with E-state index in [0.717, 1.165) is 11.1 Å². The van der Waals surface area contributed by atoms with Gasteiger partial charge < -0.3 is 4.74 Å². The standard InChI is InChI=1S/C24H30N2O6/c1-15-11-16(2)13-18(12-15)23(29)26(24(4,5)6)25-22(28)19-9-8-10-21(30-7)20(19)14-31-32-17(3)27/h8-13H,14H2,1-7H3,(H,25,28). The fourth-order valence-corrected chi connectivity index (χ4v) is 3.20. The van der Waals surface area contributed by atoms with Crippen molar-refractivity contribution in [2.75, 3.05) is 7.11 Å². The molecule has 8 heteroatoms. The van der Waals surface area contributed by atoms with E-state index in [0.29, 0.717) is 16.9 Å². The SMILES string of the molecule is COc1cccc(C(=O)NN(C(=O)c2cc(C)cc(C)c2)C(C)(C)C)c1COOC(C)=O. The summed E-state index contributed by atoms with van der Waals surface area (Å²) in [5.74, 6) is -1.10. The van der Waals surface area contributed by atoms with Gasteiger partial charge in [-0.1, -0.05) is 23.3 Å². The van der Waals surface area contributed by atoms with Crippen molar-refractivity contribution in [3.05, 3.63) is 64.2 Å². The van der Waals surface area contributed by atoms with Gasteiger partial charge >= 0.3 is 5.97 Å². The molecule has 0 spiro atoms. The third-order valence-electron chi connectivity index (χ3n) is 4.53. The summed E-state index contributed by atoms with van der Waals surface area (Å²) in [6.07, 6.45) is 0. The molecule has 0 unspecified atom stereocenters. The maximum atomic E-state index is 13.3. The third kappa shape index (κ3) is 6.31. The first-order chi connectivity index (χ1) is 14.9. The summed E-state index contributed by atoms with van der Waals surface area (Å²) in [6.45, 7) is 10.3. The number of ether oxygens (including phenoxy) is 1. The number of nitrogens with zero attached hydrogens (tertiary/aromatic N) is 1. The van der Waals surface area contributed by atoms with E-state index in [2.05, 4.69) is 10.3 Å². The number of hydrazine groups is 1. The monoisotopic (exact) mass is 442 g/mol. The van der Waals surface area contributed by atoms with E-state index in [1.165, 1.54) is 19.0 Å². The van der Waals surface area contributed by atoms with Gasteiger partial charge in [0.1, 0.15) is 12.4 Å². The molecule has 2 rings (SSSR count).